The predicted molar refractivity (Wildman–Crippen MR) is 89.3 cm³/mol. The molecule has 1 N–H and O–H groups in total. The topological polar surface area (TPSA) is 73.9 Å². The third-order valence-corrected chi connectivity index (χ3v) is 2.71. The van der Waals surface area contributed by atoms with Gasteiger partial charge >= 0.3 is 0 Å². The second-order valence-corrected chi connectivity index (χ2v) is 5.87. The van der Waals surface area contributed by atoms with Gasteiger partial charge in [0.05, 0.1) is 33.0 Å². The lowest BCUT2D eigenvalue weighted by Crippen LogP contribution is -2.26. The molecule has 0 heterocycles. The molecule has 0 aromatic carbocycles. The monoisotopic (exact) mass is 329 g/mol. The summed E-state index contributed by atoms with van der Waals surface area (Å²) >= 11 is 0. The molecule has 0 atom stereocenters. The third kappa shape index (κ3) is 15.4. The molecule has 0 aliphatic carbocycles. The molecule has 0 spiro atoms. The minimum atomic E-state index is -0.291. The summed E-state index contributed by atoms with van der Waals surface area (Å²) in [7, 11) is 0. The van der Waals surface area contributed by atoms with Crippen molar-refractivity contribution >= 4 is 11.7 Å². The Kier molecular flexibility index (Phi) is 13.6. The van der Waals surface area contributed by atoms with Gasteiger partial charge in [-0.1, -0.05) is 27.7 Å². The van der Waals surface area contributed by atoms with Gasteiger partial charge in [-0.05, 0) is 12.0 Å². The second kappa shape index (κ2) is 14.4. The van der Waals surface area contributed by atoms with Crippen LogP contribution < -0.4 is 5.32 Å². The Bertz CT molecular complexity index is 353. The van der Waals surface area contributed by atoms with Crippen LogP contribution in [-0.4, -0.2) is 57.9 Å². The maximum Gasteiger partial charge on any atom is 0.244 e. The molecule has 1 amide bonds. The summed E-state index contributed by atoms with van der Waals surface area (Å²) in [4.78, 5) is 22.7. The molecule has 0 radical (unpaired) electrons. The molecule has 0 saturated carbocycles. The average Bonchev–Trinajstić information content (AvgIpc) is 2.49. The van der Waals surface area contributed by atoms with Gasteiger partial charge in [0, 0.05) is 25.1 Å². The molecule has 0 aromatic rings. The molecule has 0 rings (SSSR count). The number of hydrogen-bond donors (Lipinski definition) is 1. The van der Waals surface area contributed by atoms with Crippen LogP contribution >= 0.6 is 0 Å². The fourth-order valence-electron chi connectivity index (χ4n) is 1.41. The number of ketones is 1. The number of carbonyl (C=O) groups is 2. The smallest absolute Gasteiger partial charge is 0.244 e. The number of hydrogen-bond acceptors (Lipinski definition) is 5. The van der Waals surface area contributed by atoms with Crippen LogP contribution in [0.2, 0.25) is 0 Å². The zero-order valence-electron chi connectivity index (χ0n) is 14.8. The van der Waals surface area contributed by atoms with Crippen molar-refractivity contribution in [3.63, 3.8) is 0 Å². The molecule has 0 fully saturated rings. The summed E-state index contributed by atoms with van der Waals surface area (Å²) in [6, 6.07) is 0. The van der Waals surface area contributed by atoms with Gasteiger partial charge in [0.2, 0.25) is 5.91 Å². The minimum Gasteiger partial charge on any atom is -0.379 e. The van der Waals surface area contributed by atoms with Gasteiger partial charge in [-0.15, -0.1) is 0 Å². The lowest BCUT2D eigenvalue weighted by Gasteiger charge is -2.08. The lowest BCUT2D eigenvalue weighted by atomic mass is 10.1. The van der Waals surface area contributed by atoms with Crippen molar-refractivity contribution in [2.24, 2.45) is 11.8 Å². The highest BCUT2D eigenvalue weighted by atomic mass is 16.5. The van der Waals surface area contributed by atoms with Crippen molar-refractivity contribution in [2.75, 3.05) is 46.2 Å². The van der Waals surface area contributed by atoms with Gasteiger partial charge in [-0.2, -0.15) is 0 Å². The number of nitrogens with one attached hydrogen (secondary N) is 1. The van der Waals surface area contributed by atoms with Gasteiger partial charge in [0.1, 0.15) is 0 Å². The average molecular weight is 329 g/mol. The predicted octanol–water partition coefficient (Wildman–Crippen LogP) is 1.59. The summed E-state index contributed by atoms with van der Waals surface area (Å²) in [6.07, 6.45) is 2.55. The van der Waals surface area contributed by atoms with Crippen molar-refractivity contribution in [1.29, 1.82) is 0 Å². The Balaban J connectivity index is 3.36. The summed E-state index contributed by atoms with van der Waals surface area (Å²) in [5.74, 6) is 0.0807. The summed E-state index contributed by atoms with van der Waals surface area (Å²) < 4.78 is 16.0. The van der Waals surface area contributed by atoms with E-state index in [0.29, 0.717) is 45.5 Å². The van der Waals surface area contributed by atoms with Crippen molar-refractivity contribution in [3.8, 4) is 0 Å². The Morgan fingerprint density at radius 2 is 1.43 bits per heavy atom. The van der Waals surface area contributed by atoms with Crippen molar-refractivity contribution in [3.05, 3.63) is 12.2 Å². The molecule has 134 valence electrons. The Morgan fingerprint density at radius 3 is 2.00 bits per heavy atom. The fourth-order valence-corrected chi connectivity index (χ4v) is 1.41. The summed E-state index contributed by atoms with van der Waals surface area (Å²) in [5.41, 5.74) is 0. The first-order chi connectivity index (χ1) is 10.9. The van der Waals surface area contributed by atoms with Gasteiger partial charge in [0.15, 0.2) is 5.78 Å². The number of rotatable bonds is 14. The summed E-state index contributed by atoms with van der Waals surface area (Å²) in [5, 5.41) is 2.64. The van der Waals surface area contributed by atoms with E-state index < -0.39 is 0 Å². The Hall–Kier alpha value is -1.24. The zero-order chi connectivity index (χ0) is 17.5. The number of amides is 1. The van der Waals surface area contributed by atoms with Crippen LogP contribution in [0.4, 0.5) is 0 Å². The molecular weight excluding hydrogens is 298 g/mol. The highest BCUT2D eigenvalue weighted by Crippen LogP contribution is 1.94. The molecule has 0 bridgehead atoms. The molecule has 0 aliphatic heterocycles. The van der Waals surface area contributed by atoms with Gasteiger partial charge < -0.3 is 19.5 Å². The highest BCUT2D eigenvalue weighted by molar-refractivity contribution is 5.98. The Morgan fingerprint density at radius 1 is 0.870 bits per heavy atom. The van der Waals surface area contributed by atoms with Gasteiger partial charge in [0.25, 0.3) is 0 Å². The standard InChI is InChI=1S/C17H31NO5/c1-14(2)13-23-12-11-22-10-9-21-8-7-18-17(20)6-5-16(19)15(3)4/h5-6,14-15H,7-13H2,1-4H3,(H,18,20)/b6-5+. The zero-order valence-corrected chi connectivity index (χ0v) is 14.8. The molecular formula is C17H31NO5. The van der Waals surface area contributed by atoms with E-state index in [2.05, 4.69) is 19.2 Å². The van der Waals surface area contributed by atoms with Crippen LogP contribution in [0.3, 0.4) is 0 Å². The van der Waals surface area contributed by atoms with Crippen LogP contribution in [0.1, 0.15) is 27.7 Å². The third-order valence-electron chi connectivity index (χ3n) is 2.71. The van der Waals surface area contributed by atoms with E-state index in [0.717, 1.165) is 6.61 Å². The molecule has 0 saturated heterocycles. The number of allylic oxidation sites excluding steroid dienone is 1. The first-order valence-electron chi connectivity index (χ1n) is 8.16. The van der Waals surface area contributed by atoms with Crippen LogP contribution in [-0.2, 0) is 23.8 Å². The van der Waals surface area contributed by atoms with Crippen LogP contribution in [0, 0.1) is 11.8 Å². The SMILES string of the molecule is CC(C)COCCOCCOCCNC(=O)/C=C/C(=O)C(C)C. The molecule has 0 aromatic heterocycles. The molecule has 23 heavy (non-hydrogen) atoms. The van der Waals surface area contributed by atoms with Crippen LogP contribution in [0.5, 0.6) is 0 Å². The van der Waals surface area contributed by atoms with Crippen LogP contribution in [0.25, 0.3) is 0 Å². The van der Waals surface area contributed by atoms with Crippen LogP contribution in [0.15, 0.2) is 12.2 Å². The fraction of sp³-hybridized carbons (Fsp3) is 0.765. The molecule has 6 nitrogen and oxygen atoms in total. The van der Waals surface area contributed by atoms with E-state index in [4.69, 9.17) is 14.2 Å². The first-order valence-corrected chi connectivity index (χ1v) is 8.16. The summed E-state index contributed by atoms with van der Waals surface area (Å²) in [6.45, 7) is 11.5. The van der Waals surface area contributed by atoms with E-state index in [1.165, 1.54) is 12.2 Å². The van der Waals surface area contributed by atoms with Crippen molar-refractivity contribution in [1.82, 2.24) is 5.32 Å². The van der Waals surface area contributed by atoms with E-state index in [1.807, 2.05) is 0 Å². The minimum absolute atomic E-state index is 0.0640. The molecule has 6 heteroatoms. The normalized spacial score (nSPS) is 11.6. The maximum atomic E-state index is 11.4. The molecule has 0 aliphatic rings. The largest absolute Gasteiger partial charge is 0.379 e. The van der Waals surface area contributed by atoms with E-state index in [9.17, 15) is 9.59 Å². The quantitative estimate of drug-likeness (QED) is 0.387. The lowest BCUT2D eigenvalue weighted by molar-refractivity contribution is -0.119. The highest BCUT2D eigenvalue weighted by Gasteiger charge is 2.03. The maximum absolute atomic E-state index is 11.4. The van der Waals surface area contributed by atoms with Crippen molar-refractivity contribution in [2.45, 2.75) is 27.7 Å². The van der Waals surface area contributed by atoms with E-state index in [-0.39, 0.29) is 17.6 Å². The second-order valence-electron chi connectivity index (χ2n) is 5.87. The van der Waals surface area contributed by atoms with E-state index >= 15 is 0 Å². The first kappa shape index (κ1) is 21.8. The van der Waals surface area contributed by atoms with Gasteiger partial charge in [-0.3, -0.25) is 9.59 Å². The Labute approximate surface area is 139 Å². The van der Waals surface area contributed by atoms with E-state index in [1.54, 1.807) is 13.8 Å². The number of ether oxygens (including phenoxy) is 3. The molecule has 0 unspecified atom stereocenters. The van der Waals surface area contributed by atoms with Crippen molar-refractivity contribution < 1.29 is 23.8 Å². The van der Waals surface area contributed by atoms with Gasteiger partial charge in [-0.25, -0.2) is 0 Å². The number of carbonyl (C=O) groups excluding carboxylic acids is 2.